The minimum atomic E-state index is -3.64. The number of hydrogen-bond acceptors (Lipinski definition) is 4. The van der Waals surface area contributed by atoms with Crippen molar-refractivity contribution in [3.8, 4) is 0 Å². The lowest BCUT2D eigenvalue weighted by atomic mass is 10.0. The van der Waals surface area contributed by atoms with E-state index in [2.05, 4.69) is 9.82 Å². The van der Waals surface area contributed by atoms with Crippen molar-refractivity contribution in [3.63, 3.8) is 0 Å². The van der Waals surface area contributed by atoms with Gasteiger partial charge >= 0.3 is 5.97 Å². The second-order valence-corrected chi connectivity index (χ2v) is 6.94. The van der Waals surface area contributed by atoms with Crippen LogP contribution in [0.2, 0.25) is 0 Å². The second-order valence-electron chi connectivity index (χ2n) is 5.22. The third-order valence-corrected chi connectivity index (χ3v) is 5.18. The van der Waals surface area contributed by atoms with E-state index in [1.165, 1.54) is 12.4 Å². The average molecular weight is 301 g/mol. The first-order valence-corrected chi connectivity index (χ1v) is 8.13. The molecular weight excluding hydrogens is 282 g/mol. The highest BCUT2D eigenvalue weighted by Crippen LogP contribution is 2.28. The molecule has 1 aromatic rings. The van der Waals surface area contributed by atoms with Gasteiger partial charge in [-0.2, -0.15) is 5.10 Å². The van der Waals surface area contributed by atoms with Crippen LogP contribution in [0.5, 0.6) is 0 Å². The van der Waals surface area contributed by atoms with Gasteiger partial charge in [0.2, 0.25) is 10.0 Å². The number of aromatic nitrogens is 2. The number of carboxylic acid groups (broad SMARTS) is 1. The molecule has 8 heteroatoms. The molecule has 1 heterocycles. The van der Waals surface area contributed by atoms with Gasteiger partial charge in [-0.05, 0) is 25.7 Å². The summed E-state index contributed by atoms with van der Waals surface area (Å²) < 4.78 is 28.1. The van der Waals surface area contributed by atoms with Gasteiger partial charge in [0.15, 0.2) is 0 Å². The Hall–Kier alpha value is -1.41. The first-order chi connectivity index (χ1) is 9.38. The molecule has 0 radical (unpaired) electrons. The highest BCUT2D eigenvalue weighted by Gasteiger charge is 2.26. The Balaban J connectivity index is 2.05. The molecule has 1 atom stereocenters. The lowest BCUT2D eigenvalue weighted by molar-refractivity contribution is -0.137. The third-order valence-electron chi connectivity index (χ3n) is 3.67. The summed E-state index contributed by atoms with van der Waals surface area (Å²) in [5.41, 5.74) is 0. The Morgan fingerprint density at radius 1 is 1.55 bits per heavy atom. The largest absolute Gasteiger partial charge is 0.480 e. The van der Waals surface area contributed by atoms with Crippen LogP contribution in [0.25, 0.3) is 0 Å². The Labute approximate surface area is 118 Å². The van der Waals surface area contributed by atoms with Crippen LogP contribution in [-0.4, -0.2) is 35.3 Å². The number of sulfonamides is 1. The van der Waals surface area contributed by atoms with Crippen LogP contribution in [0.4, 0.5) is 0 Å². The van der Waals surface area contributed by atoms with E-state index < -0.39 is 16.0 Å². The molecule has 1 saturated carbocycles. The van der Waals surface area contributed by atoms with E-state index in [1.807, 2.05) is 6.92 Å². The van der Waals surface area contributed by atoms with Crippen molar-refractivity contribution in [2.75, 3.05) is 0 Å². The fourth-order valence-corrected chi connectivity index (χ4v) is 3.84. The summed E-state index contributed by atoms with van der Waals surface area (Å²) in [7, 11) is -3.64. The molecule has 1 aromatic heterocycles. The van der Waals surface area contributed by atoms with E-state index in [1.54, 1.807) is 0 Å². The van der Waals surface area contributed by atoms with Gasteiger partial charge in [0.1, 0.15) is 11.4 Å². The summed E-state index contributed by atoms with van der Waals surface area (Å²) in [5.74, 6) is -0.692. The topological polar surface area (TPSA) is 101 Å². The zero-order valence-electron chi connectivity index (χ0n) is 11.3. The van der Waals surface area contributed by atoms with E-state index in [9.17, 15) is 13.2 Å². The van der Waals surface area contributed by atoms with Crippen LogP contribution < -0.4 is 4.72 Å². The summed E-state index contributed by atoms with van der Waals surface area (Å²) in [6.45, 7) is 1.52. The van der Waals surface area contributed by atoms with Crippen molar-refractivity contribution in [2.24, 2.45) is 5.92 Å². The lowest BCUT2D eigenvalue weighted by Gasteiger charge is -2.19. The molecule has 1 aliphatic rings. The standard InChI is InChI=1S/C12H19N3O4S/c1-9(10-4-2-3-5-10)14-20(18,19)11-6-13-15(7-11)8-12(16)17/h6-7,9-10,14H,2-5,8H2,1H3,(H,16,17). The molecule has 7 nitrogen and oxygen atoms in total. The van der Waals surface area contributed by atoms with Gasteiger partial charge in [-0.15, -0.1) is 0 Å². The molecule has 2 N–H and O–H groups in total. The third kappa shape index (κ3) is 3.57. The Bertz CT molecular complexity index is 575. The summed E-state index contributed by atoms with van der Waals surface area (Å²) in [6, 6.07) is -0.120. The van der Waals surface area contributed by atoms with Gasteiger partial charge in [0.05, 0.1) is 6.20 Å². The summed E-state index contributed by atoms with van der Waals surface area (Å²) in [5, 5.41) is 12.4. The van der Waals surface area contributed by atoms with Crippen LogP contribution >= 0.6 is 0 Å². The smallest absolute Gasteiger partial charge is 0.325 e. The molecule has 0 spiro atoms. The van der Waals surface area contributed by atoms with Gasteiger partial charge in [-0.25, -0.2) is 13.1 Å². The molecular formula is C12H19N3O4S. The SMILES string of the molecule is CC(NS(=O)(=O)c1cnn(CC(=O)O)c1)C1CCCC1. The summed E-state index contributed by atoms with van der Waals surface area (Å²) >= 11 is 0. The quantitative estimate of drug-likeness (QED) is 0.810. The number of nitrogens with one attached hydrogen (secondary N) is 1. The molecule has 20 heavy (non-hydrogen) atoms. The predicted molar refractivity (Wildman–Crippen MR) is 71.6 cm³/mol. The molecule has 0 aliphatic heterocycles. The van der Waals surface area contributed by atoms with Crippen LogP contribution in [0, 0.1) is 5.92 Å². The predicted octanol–water partition coefficient (Wildman–Crippen LogP) is 0.825. The molecule has 2 rings (SSSR count). The second kappa shape index (κ2) is 5.92. The van der Waals surface area contributed by atoms with Gasteiger partial charge in [-0.1, -0.05) is 12.8 Å². The van der Waals surface area contributed by atoms with Crippen molar-refractivity contribution in [1.82, 2.24) is 14.5 Å². The molecule has 1 fully saturated rings. The zero-order chi connectivity index (χ0) is 14.8. The van der Waals surface area contributed by atoms with Gasteiger partial charge in [-0.3, -0.25) is 9.48 Å². The molecule has 0 aromatic carbocycles. The first kappa shape index (κ1) is 15.0. The maximum Gasteiger partial charge on any atom is 0.325 e. The minimum absolute atomic E-state index is 0.00333. The minimum Gasteiger partial charge on any atom is -0.480 e. The van der Waals surface area contributed by atoms with Crippen LogP contribution in [0.3, 0.4) is 0 Å². The number of rotatable bonds is 6. The van der Waals surface area contributed by atoms with E-state index >= 15 is 0 Å². The molecule has 0 bridgehead atoms. The Morgan fingerprint density at radius 2 is 2.20 bits per heavy atom. The Morgan fingerprint density at radius 3 is 2.80 bits per heavy atom. The van der Waals surface area contributed by atoms with Gasteiger partial charge in [0.25, 0.3) is 0 Å². The fourth-order valence-electron chi connectivity index (χ4n) is 2.57. The van der Waals surface area contributed by atoms with Crippen molar-refractivity contribution < 1.29 is 18.3 Å². The van der Waals surface area contributed by atoms with Gasteiger partial charge < -0.3 is 5.11 Å². The monoisotopic (exact) mass is 301 g/mol. The van der Waals surface area contributed by atoms with Crippen LogP contribution in [0.1, 0.15) is 32.6 Å². The maximum atomic E-state index is 12.2. The van der Waals surface area contributed by atoms with Crippen LogP contribution in [-0.2, 0) is 21.4 Å². The molecule has 0 saturated heterocycles. The highest BCUT2D eigenvalue weighted by molar-refractivity contribution is 7.89. The summed E-state index contributed by atoms with van der Waals surface area (Å²) in [4.78, 5) is 10.6. The van der Waals surface area contributed by atoms with Crippen molar-refractivity contribution in [3.05, 3.63) is 12.4 Å². The van der Waals surface area contributed by atoms with Crippen molar-refractivity contribution in [1.29, 1.82) is 0 Å². The maximum absolute atomic E-state index is 12.2. The molecule has 1 aliphatic carbocycles. The molecule has 0 amide bonds. The molecule has 1 unspecified atom stereocenters. The highest BCUT2D eigenvalue weighted by atomic mass is 32.2. The number of carboxylic acids is 1. The van der Waals surface area contributed by atoms with Crippen LogP contribution in [0.15, 0.2) is 17.3 Å². The number of aliphatic carboxylic acids is 1. The van der Waals surface area contributed by atoms with E-state index in [4.69, 9.17) is 5.11 Å². The van der Waals surface area contributed by atoms with E-state index in [0.29, 0.717) is 5.92 Å². The normalized spacial score (nSPS) is 18.2. The Kier molecular flexibility index (Phi) is 4.44. The zero-order valence-corrected chi connectivity index (χ0v) is 12.1. The average Bonchev–Trinajstić information content (AvgIpc) is 2.97. The van der Waals surface area contributed by atoms with E-state index in [0.717, 1.165) is 30.4 Å². The fraction of sp³-hybridized carbons (Fsp3) is 0.667. The van der Waals surface area contributed by atoms with Gasteiger partial charge in [0, 0.05) is 12.2 Å². The number of nitrogens with zero attached hydrogens (tertiary/aromatic N) is 2. The number of carbonyl (C=O) groups is 1. The number of hydrogen-bond donors (Lipinski definition) is 2. The summed E-state index contributed by atoms with van der Waals surface area (Å²) in [6.07, 6.45) is 6.79. The van der Waals surface area contributed by atoms with Crippen molar-refractivity contribution in [2.45, 2.75) is 50.1 Å². The van der Waals surface area contributed by atoms with Crippen molar-refractivity contribution >= 4 is 16.0 Å². The first-order valence-electron chi connectivity index (χ1n) is 6.65. The molecule has 112 valence electrons. The van der Waals surface area contributed by atoms with E-state index in [-0.39, 0.29) is 17.5 Å². The lowest BCUT2D eigenvalue weighted by Crippen LogP contribution is -2.37.